The average molecular weight is 285 g/mol. The zero-order valence-electron chi connectivity index (χ0n) is 11.0. The predicted octanol–water partition coefficient (Wildman–Crippen LogP) is 2.37. The van der Waals surface area contributed by atoms with Crippen molar-refractivity contribution in [3.05, 3.63) is 29.3 Å². The number of amides is 1. The number of hydrogen-bond donors (Lipinski definition) is 2. The summed E-state index contributed by atoms with van der Waals surface area (Å²) in [5.74, 6) is -0.776. The van der Waals surface area contributed by atoms with E-state index < -0.39 is 23.2 Å². The van der Waals surface area contributed by atoms with E-state index in [0.29, 0.717) is 6.54 Å². The lowest BCUT2D eigenvalue weighted by Crippen LogP contribution is -2.28. The fourth-order valence-electron chi connectivity index (χ4n) is 1.62. The fourth-order valence-corrected chi connectivity index (χ4v) is 1.62. The molecule has 0 saturated heterocycles. The molecule has 0 saturated carbocycles. The van der Waals surface area contributed by atoms with Crippen LogP contribution in [-0.2, 0) is 11.0 Å². The summed E-state index contributed by atoms with van der Waals surface area (Å²) in [6.07, 6.45) is -4.64. The van der Waals surface area contributed by atoms with Crippen LogP contribution in [0.1, 0.15) is 18.1 Å². The number of carbonyl (C=O) groups excluding carboxylic acids is 1. The Hall–Kier alpha value is -2.07. The Labute approximate surface area is 114 Å². The van der Waals surface area contributed by atoms with Crippen LogP contribution in [-0.4, -0.2) is 19.5 Å². The number of nitriles is 1. The Kier molecular flexibility index (Phi) is 5.11. The van der Waals surface area contributed by atoms with Crippen molar-refractivity contribution in [1.29, 1.82) is 5.26 Å². The third-order valence-electron chi connectivity index (χ3n) is 2.67. The maximum Gasteiger partial charge on any atom is 0.417 e. The molecule has 0 spiro atoms. The second kappa shape index (κ2) is 6.39. The zero-order chi connectivity index (χ0) is 15.3. The van der Waals surface area contributed by atoms with Crippen molar-refractivity contribution in [3.63, 3.8) is 0 Å². The van der Waals surface area contributed by atoms with Crippen molar-refractivity contribution in [2.75, 3.05) is 18.9 Å². The minimum absolute atomic E-state index is 0.0179. The van der Waals surface area contributed by atoms with E-state index in [0.717, 1.165) is 12.1 Å². The van der Waals surface area contributed by atoms with Gasteiger partial charge in [0.1, 0.15) is 0 Å². The number of nitrogens with zero attached hydrogens (tertiary/aromatic N) is 1. The van der Waals surface area contributed by atoms with Crippen molar-refractivity contribution in [1.82, 2.24) is 5.32 Å². The van der Waals surface area contributed by atoms with E-state index in [-0.39, 0.29) is 11.6 Å². The van der Waals surface area contributed by atoms with Crippen LogP contribution < -0.4 is 10.6 Å². The smallest absolute Gasteiger partial charge is 0.326 e. The number of benzene rings is 1. The van der Waals surface area contributed by atoms with Crippen molar-refractivity contribution < 1.29 is 18.0 Å². The summed E-state index contributed by atoms with van der Waals surface area (Å²) in [6, 6.07) is 4.57. The van der Waals surface area contributed by atoms with Crippen LogP contribution in [0.15, 0.2) is 18.2 Å². The molecule has 1 atom stereocenters. The van der Waals surface area contributed by atoms with Crippen LogP contribution in [0, 0.1) is 17.2 Å². The van der Waals surface area contributed by atoms with Crippen LogP contribution in [0.25, 0.3) is 0 Å². The molecule has 2 N–H and O–H groups in total. The van der Waals surface area contributed by atoms with E-state index in [1.54, 1.807) is 14.0 Å². The molecule has 108 valence electrons. The molecule has 0 aliphatic heterocycles. The van der Waals surface area contributed by atoms with Gasteiger partial charge in [-0.25, -0.2) is 0 Å². The Balaban J connectivity index is 2.99. The topological polar surface area (TPSA) is 64.9 Å². The molecule has 0 bridgehead atoms. The highest BCUT2D eigenvalue weighted by Gasteiger charge is 2.34. The first-order valence-corrected chi connectivity index (χ1v) is 5.86. The predicted molar refractivity (Wildman–Crippen MR) is 67.9 cm³/mol. The van der Waals surface area contributed by atoms with Crippen LogP contribution >= 0.6 is 0 Å². The summed E-state index contributed by atoms with van der Waals surface area (Å²) in [4.78, 5) is 11.7. The maximum atomic E-state index is 12.8. The summed E-state index contributed by atoms with van der Waals surface area (Å²) in [5.41, 5.74) is -1.51. The molecule has 7 heteroatoms. The molecule has 1 aromatic carbocycles. The molecule has 20 heavy (non-hydrogen) atoms. The molecule has 0 heterocycles. The number of rotatable bonds is 4. The number of hydrogen-bond acceptors (Lipinski definition) is 3. The van der Waals surface area contributed by atoms with Crippen LogP contribution in [0.5, 0.6) is 0 Å². The van der Waals surface area contributed by atoms with E-state index in [4.69, 9.17) is 5.26 Å². The number of halogens is 3. The van der Waals surface area contributed by atoms with Crippen molar-refractivity contribution in [2.45, 2.75) is 13.1 Å². The average Bonchev–Trinajstić information content (AvgIpc) is 2.37. The maximum absolute atomic E-state index is 12.8. The van der Waals surface area contributed by atoms with Crippen LogP contribution in [0.4, 0.5) is 18.9 Å². The van der Waals surface area contributed by atoms with Gasteiger partial charge in [0, 0.05) is 18.2 Å². The van der Waals surface area contributed by atoms with Gasteiger partial charge in [-0.15, -0.1) is 0 Å². The molecule has 1 rings (SSSR count). The second-order valence-electron chi connectivity index (χ2n) is 4.32. The number of nitrogens with one attached hydrogen (secondary N) is 2. The summed E-state index contributed by atoms with van der Waals surface area (Å²) in [5, 5.41) is 13.9. The van der Waals surface area contributed by atoms with E-state index in [2.05, 4.69) is 10.6 Å². The lowest BCUT2D eigenvalue weighted by atomic mass is 10.1. The molecule has 1 unspecified atom stereocenters. The standard InChI is InChI=1S/C13H14F3N3O/c1-8(7-18-2)12(20)19-10-4-3-9(6-17)11(5-10)13(14,15)16/h3-5,8,18H,7H2,1-2H3,(H,19,20). The van der Waals surface area contributed by atoms with Gasteiger partial charge in [0.05, 0.1) is 17.2 Å². The lowest BCUT2D eigenvalue weighted by molar-refractivity contribution is -0.137. The molecule has 0 fully saturated rings. The van der Waals surface area contributed by atoms with Crippen molar-refractivity contribution in [3.8, 4) is 6.07 Å². The first-order valence-electron chi connectivity index (χ1n) is 5.86. The normalized spacial score (nSPS) is 12.6. The minimum Gasteiger partial charge on any atom is -0.326 e. The van der Waals surface area contributed by atoms with Gasteiger partial charge in [-0.1, -0.05) is 6.92 Å². The Morgan fingerprint density at radius 3 is 2.60 bits per heavy atom. The highest BCUT2D eigenvalue weighted by Crippen LogP contribution is 2.33. The van der Waals surface area contributed by atoms with Gasteiger partial charge in [0.2, 0.25) is 5.91 Å². The largest absolute Gasteiger partial charge is 0.417 e. The number of alkyl halides is 3. The van der Waals surface area contributed by atoms with Gasteiger partial charge in [-0.3, -0.25) is 4.79 Å². The lowest BCUT2D eigenvalue weighted by Gasteiger charge is -2.14. The molecular formula is C13H14F3N3O. The summed E-state index contributed by atoms with van der Waals surface area (Å²) >= 11 is 0. The van der Waals surface area contributed by atoms with Gasteiger partial charge < -0.3 is 10.6 Å². The first kappa shape index (κ1) is 16.0. The highest BCUT2D eigenvalue weighted by atomic mass is 19.4. The van der Waals surface area contributed by atoms with Crippen molar-refractivity contribution in [2.24, 2.45) is 5.92 Å². The summed E-state index contributed by atoms with van der Waals surface area (Å²) < 4.78 is 38.3. The monoisotopic (exact) mass is 285 g/mol. The Morgan fingerprint density at radius 1 is 1.45 bits per heavy atom. The molecule has 4 nitrogen and oxygen atoms in total. The molecule has 0 aliphatic rings. The number of carbonyl (C=O) groups is 1. The highest BCUT2D eigenvalue weighted by molar-refractivity contribution is 5.92. The zero-order valence-corrected chi connectivity index (χ0v) is 11.0. The quantitative estimate of drug-likeness (QED) is 0.892. The van der Waals surface area contributed by atoms with Gasteiger partial charge in [-0.05, 0) is 25.2 Å². The second-order valence-corrected chi connectivity index (χ2v) is 4.32. The molecular weight excluding hydrogens is 271 g/mol. The molecule has 0 aromatic heterocycles. The SMILES string of the molecule is CNCC(C)C(=O)Nc1ccc(C#N)c(C(F)(F)F)c1. The third-order valence-corrected chi connectivity index (χ3v) is 2.67. The fraction of sp³-hybridized carbons (Fsp3) is 0.385. The third kappa shape index (κ3) is 3.96. The molecule has 1 aromatic rings. The Morgan fingerprint density at radius 2 is 2.10 bits per heavy atom. The van der Waals surface area contributed by atoms with Crippen molar-refractivity contribution >= 4 is 11.6 Å². The van der Waals surface area contributed by atoms with E-state index in [1.165, 1.54) is 12.1 Å². The molecule has 0 radical (unpaired) electrons. The Bertz CT molecular complexity index is 535. The van der Waals surface area contributed by atoms with Gasteiger partial charge in [-0.2, -0.15) is 18.4 Å². The van der Waals surface area contributed by atoms with Gasteiger partial charge in [0.15, 0.2) is 0 Å². The summed E-state index contributed by atoms with van der Waals surface area (Å²) in [6.45, 7) is 2.06. The molecule has 0 aliphatic carbocycles. The van der Waals surface area contributed by atoms with Crippen LogP contribution in [0.3, 0.4) is 0 Å². The first-order chi connectivity index (χ1) is 9.29. The van der Waals surface area contributed by atoms with E-state index >= 15 is 0 Å². The van der Waals surface area contributed by atoms with E-state index in [1.807, 2.05) is 0 Å². The number of anilines is 1. The van der Waals surface area contributed by atoms with E-state index in [9.17, 15) is 18.0 Å². The molecule has 1 amide bonds. The van der Waals surface area contributed by atoms with Gasteiger partial charge >= 0.3 is 6.18 Å². The summed E-state index contributed by atoms with van der Waals surface area (Å²) in [7, 11) is 1.67. The van der Waals surface area contributed by atoms with Crippen LogP contribution in [0.2, 0.25) is 0 Å². The minimum atomic E-state index is -4.64. The van der Waals surface area contributed by atoms with Gasteiger partial charge in [0.25, 0.3) is 0 Å².